The molecule has 3 rings (SSSR count). The largest absolute Gasteiger partial charge is 0.443 e. The van der Waals surface area contributed by atoms with Crippen molar-refractivity contribution in [3.63, 3.8) is 0 Å². The van der Waals surface area contributed by atoms with Gasteiger partial charge in [0.1, 0.15) is 5.60 Å². The Balaban J connectivity index is 0.00000210. The molecule has 0 saturated heterocycles. The number of hydrazine groups is 1. The molecule has 0 bridgehead atoms. The lowest BCUT2D eigenvalue weighted by Crippen LogP contribution is -2.44. The van der Waals surface area contributed by atoms with Crippen LogP contribution in [0.2, 0.25) is 0 Å². The van der Waals surface area contributed by atoms with Crippen LogP contribution in [0.4, 0.5) is 4.79 Å². The normalized spacial score (nSPS) is 11.1. The van der Waals surface area contributed by atoms with Crippen molar-refractivity contribution < 1.29 is 14.3 Å². The zero-order chi connectivity index (χ0) is 26.0. The maximum atomic E-state index is 12.9. The fraction of sp³-hybridized carbons (Fsp3) is 0.222. The number of allylic oxidation sites excluding steroid dienone is 2. The van der Waals surface area contributed by atoms with Crippen LogP contribution in [0.1, 0.15) is 50.5 Å². The van der Waals surface area contributed by atoms with Gasteiger partial charge in [0.05, 0.1) is 22.5 Å². The highest BCUT2D eigenvalue weighted by Crippen LogP contribution is 2.26. The van der Waals surface area contributed by atoms with Crippen LogP contribution >= 0.6 is 0 Å². The molecule has 0 radical (unpaired) electrons. The van der Waals surface area contributed by atoms with Crippen molar-refractivity contribution in [1.82, 2.24) is 20.8 Å². The van der Waals surface area contributed by atoms with E-state index in [1.807, 2.05) is 38.1 Å². The van der Waals surface area contributed by atoms with Crippen LogP contribution in [-0.2, 0) is 4.74 Å². The summed E-state index contributed by atoms with van der Waals surface area (Å²) < 4.78 is 5.15. The lowest BCUT2D eigenvalue weighted by Gasteiger charge is -2.19. The molecule has 0 unspecified atom stereocenters. The molecule has 2 heterocycles. The molecule has 0 spiro atoms. The smallest absolute Gasteiger partial charge is 0.426 e. The minimum absolute atomic E-state index is 0.309. The van der Waals surface area contributed by atoms with Crippen molar-refractivity contribution in [2.24, 2.45) is 4.99 Å². The van der Waals surface area contributed by atoms with Crippen LogP contribution in [0.15, 0.2) is 72.5 Å². The van der Waals surface area contributed by atoms with E-state index in [-0.39, 0.29) is 0 Å². The van der Waals surface area contributed by atoms with Gasteiger partial charge in [0.15, 0.2) is 0 Å². The highest BCUT2D eigenvalue weighted by molar-refractivity contribution is 6.07. The molecule has 2 amide bonds. The highest BCUT2D eigenvalue weighted by Gasteiger charge is 2.18. The molecule has 35 heavy (non-hydrogen) atoms. The number of nitrogens with zero attached hydrogens (tertiary/aromatic N) is 3. The van der Waals surface area contributed by atoms with Gasteiger partial charge in [-0.1, -0.05) is 50.8 Å². The van der Waals surface area contributed by atoms with E-state index in [0.29, 0.717) is 27.9 Å². The number of hydrogen-bond donors (Lipinski definition) is 2. The van der Waals surface area contributed by atoms with E-state index < -0.39 is 17.6 Å². The lowest BCUT2D eigenvalue weighted by atomic mass is 10.0. The molecule has 8 nitrogen and oxygen atoms in total. The topological polar surface area (TPSA) is 106 Å². The van der Waals surface area contributed by atoms with Crippen LogP contribution in [0, 0.1) is 0 Å². The third-order valence-electron chi connectivity index (χ3n) is 4.45. The third-order valence-corrected chi connectivity index (χ3v) is 4.45. The summed E-state index contributed by atoms with van der Waals surface area (Å²) in [4.78, 5) is 37.6. The highest BCUT2D eigenvalue weighted by atomic mass is 16.6. The van der Waals surface area contributed by atoms with Crippen LogP contribution in [0.3, 0.4) is 0 Å². The Morgan fingerprint density at radius 2 is 1.77 bits per heavy atom. The van der Waals surface area contributed by atoms with E-state index in [1.165, 1.54) is 0 Å². The van der Waals surface area contributed by atoms with Gasteiger partial charge in [-0.3, -0.25) is 20.2 Å². The standard InChI is InChI=1S/C25H25N5O3.C2H6/c1-6-7-20(26-5)16-8-10-17(11-9-16)22-14-18(19-15-27-13-12-21(19)28-22)23(31)29-30-24(32)33-25(2,3)4;1-2/h6-15H,1,5H2,2-4H3,(H,29,31)(H,30,32);1-2H3/b20-7-;. The first-order valence-corrected chi connectivity index (χ1v) is 11.2. The molecular formula is C27H31N5O3. The zero-order valence-corrected chi connectivity index (χ0v) is 20.8. The second-order valence-electron chi connectivity index (χ2n) is 8.05. The van der Waals surface area contributed by atoms with E-state index in [2.05, 4.69) is 39.1 Å². The number of hydrogen-bond acceptors (Lipinski definition) is 6. The monoisotopic (exact) mass is 473 g/mol. The summed E-state index contributed by atoms with van der Waals surface area (Å²) in [6.45, 7) is 16.5. The number of amides is 2. The molecule has 0 atom stereocenters. The average Bonchev–Trinajstić information content (AvgIpc) is 2.85. The molecule has 2 N–H and O–H groups in total. The Bertz CT molecular complexity index is 1240. The van der Waals surface area contributed by atoms with Crippen molar-refractivity contribution in [2.75, 3.05) is 0 Å². The van der Waals surface area contributed by atoms with Crippen molar-refractivity contribution in [3.05, 3.63) is 78.6 Å². The number of carbonyl (C=O) groups is 2. The van der Waals surface area contributed by atoms with Crippen LogP contribution in [0.25, 0.3) is 27.9 Å². The average molecular weight is 474 g/mol. The van der Waals surface area contributed by atoms with Crippen LogP contribution < -0.4 is 10.9 Å². The van der Waals surface area contributed by atoms with Gasteiger partial charge in [0, 0.05) is 28.9 Å². The van der Waals surface area contributed by atoms with Gasteiger partial charge in [-0.25, -0.2) is 15.2 Å². The number of benzene rings is 1. The fourth-order valence-corrected chi connectivity index (χ4v) is 3.05. The summed E-state index contributed by atoms with van der Waals surface area (Å²) in [5.74, 6) is -0.522. The molecule has 0 aliphatic carbocycles. The molecule has 0 aliphatic rings. The molecule has 8 heteroatoms. The Kier molecular flexibility index (Phi) is 9.40. The Morgan fingerprint density at radius 1 is 1.09 bits per heavy atom. The first kappa shape index (κ1) is 26.9. The summed E-state index contributed by atoms with van der Waals surface area (Å²) in [5.41, 5.74) is 7.82. The fourth-order valence-electron chi connectivity index (χ4n) is 3.05. The van der Waals surface area contributed by atoms with Crippen molar-refractivity contribution in [2.45, 2.75) is 40.2 Å². The Morgan fingerprint density at radius 3 is 2.37 bits per heavy atom. The second kappa shape index (κ2) is 12.2. The van der Waals surface area contributed by atoms with Gasteiger partial charge in [0.2, 0.25) is 0 Å². The number of nitrogens with one attached hydrogen (secondary N) is 2. The quantitative estimate of drug-likeness (QED) is 0.280. The van der Waals surface area contributed by atoms with E-state index >= 15 is 0 Å². The molecule has 182 valence electrons. The van der Waals surface area contributed by atoms with Crippen LogP contribution in [0.5, 0.6) is 0 Å². The molecule has 2 aromatic heterocycles. The van der Waals surface area contributed by atoms with E-state index in [4.69, 9.17) is 4.74 Å². The van der Waals surface area contributed by atoms with Gasteiger partial charge in [0.25, 0.3) is 5.91 Å². The number of aliphatic imine (C=N–C) groups is 1. The summed E-state index contributed by atoms with van der Waals surface area (Å²) in [6, 6.07) is 10.9. The first-order valence-electron chi connectivity index (χ1n) is 11.2. The summed E-state index contributed by atoms with van der Waals surface area (Å²) >= 11 is 0. The number of fused-ring (bicyclic) bond motifs is 1. The number of ether oxygens (including phenoxy) is 1. The minimum Gasteiger partial charge on any atom is -0.443 e. The van der Waals surface area contributed by atoms with E-state index in [9.17, 15) is 9.59 Å². The molecule has 3 aromatic rings. The summed E-state index contributed by atoms with van der Waals surface area (Å²) in [6.07, 6.45) is 5.81. The third kappa shape index (κ3) is 7.33. The molecular weight excluding hydrogens is 442 g/mol. The number of pyridine rings is 2. The SMILES string of the molecule is C=C/C=C(\N=C)c1ccc(-c2cc(C(=O)NNC(=O)OC(C)(C)C)c3cnccc3n2)cc1.CC. The number of rotatable bonds is 5. The van der Waals surface area contributed by atoms with Crippen molar-refractivity contribution >= 4 is 35.3 Å². The van der Waals surface area contributed by atoms with Gasteiger partial charge in [-0.15, -0.1) is 0 Å². The van der Waals surface area contributed by atoms with Gasteiger partial charge < -0.3 is 4.74 Å². The van der Waals surface area contributed by atoms with E-state index in [0.717, 1.165) is 11.1 Å². The maximum Gasteiger partial charge on any atom is 0.426 e. The molecule has 0 saturated carbocycles. The predicted molar refractivity (Wildman–Crippen MR) is 141 cm³/mol. The minimum atomic E-state index is -0.762. The van der Waals surface area contributed by atoms with E-state index in [1.54, 1.807) is 57.4 Å². The molecule has 0 fully saturated rings. The lowest BCUT2D eigenvalue weighted by molar-refractivity contribution is 0.0483. The number of aromatic nitrogens is 2. The van der Waals surface area contributed by atoms with Crippen LogP contribution in [-0.4, -0.2) is 34.3 Å². The predicted octanol–water partition coefficient (Wildman–Crippen LogP) is 5.72. The summed E-state index contributed by atoms with van der Waals surface area (Å²) in [7, 11) is 0. The van der Waals surface area contributed by atoms with Crippen molar-refractivity contribution in [1.29, 1.82) is 0 Å². The van der Waals surface area contributed by atoms with Gasteiger partial charge in [-0.2, -0.15) is 0 Å². The van der Waals surface area contributed by atoms with Gasteiger partial charge >= 0.3 is 6.09 Å². The molecule has 0 aliphatic heterocycles. The number of carbonyl (C=O) groups excluding carboxylic acids is 2. The Labute approximate surface area is 205 Å². The Hall–Kier alpha value is -4.33. The summed E-state index contributed by atoms with van der Waals surface area (Å²) in [5, 5.41) is 0.549. The first-order chi connectivity index (χ1) is 16.7. The van der Waals surface area contributed by atoms with Gasteiger partial charge in [-0.05, 0) is 45.7 Å². The van der Waals surface area contributed by atoms with Crippen molar-refractivity contribution in [3.8, 4) is 11.3 Å². The molecule has 1 aromatic carbocycles. The zero-order valence-electron chi connectivity index (χ0n) is 20.8. The maximum absolute atomic E-state index is 12.9. The second-order valence-corrected chi connectivity index (χ2v) is 8.05.